The third kappa shape index (κ3) is 13.8. The lowest BCUT2D eigenvalue weighted by Crippen LogP contribution is -2.53. The predicted octanol–water partition coefficient (Wildman–Crippen LogP) is 7.20. The zero-order valence-electron chi connectivity index (χ0n) is 33.3. The maximum atomic E-state index is 14.0. The van der Waals surface area contributed by atoms with Crippen molar-refractivity contribution in [1.82, 2.24) is 25.2 Å². The maximum absolute atomic E-state index is 14.0. The van der Waals surface area contributed by atoms with Gasteiger partial charge in [0, 0.05) is 37.3 Å². The molecule has 15 nitrogen and oxygen atoms in total. The van der Waals surface area contributed by atoms with Crippen molar-refractivity contribution >= 4 is 35.6 Å². The summed E-state index contributed by atoms with van der Waals surface area (Å²) in [7, 11) is 1.23. The number of rotatable bonds is 6. The summed E-state index contributed by atoms with van der Waals surface area (Å²) in [6.45, 7) is 5.37. The molecule has 3 N–H and O–H groups in total. The van der Waals surface area contributed by atoms with Crippen LogP contribution in [0.2, 0.25) is 0 Å². The maximum Gasteiger partial charge on any atom is 0.422 e. The molecule has 316 valence electrons. The summed E-state index contributed by atoms with van der Waals surface area (Å²) in [6, 6.07) is 10.3. The van der Waals surface area contributed by atoms with Crippen LogP contribution in [0, 0.1) is 5.92 Å². The molecule has 0 radical (unpaired) electrons. The van der Waals surface area contributed by atoms with Crippen LogP contribution in [0.5, 0.6) is 17.5 Å². The molecular weight excluding hydrogens is 763 g/mol. The molecule has 58 heavy (non-hydrogen) atoms. The molecule has 4 heterocycles. The van der Waals surface area contributed by atoms with Gasteiger partial charge in [0.1, 0.15) is 23.1 Å². The van der Waals surface area contributed by atoms with E-state index >= 15 is 0 Å². The summed E-state index contributed by atoms with van der Waals surface area (Å²) in [4.78, 5) is 54.0. The molecule has 0 spiro atoms. The second kappa shape index (κ2) is 20.2. The van der Waals surface area contributed by atoms with E-state index in [9.17, 15) is 27.6 Å². The van der Waals surface area contributed by atoms with Crippen molar-refractivity contribution in [2.75, 3.05) is 50.7 Å². The van der Waals surface area contributed by atoms with E-state index in [1.807, 2.05) is 24.3 Å². The number of ether oxygens (including phenoxy) is 5. The van der Waals surface area contributed by atoms with Crippen molar-refractivity contribution in [1.29, 1.82) is 0 Å². The molecule has 18 heteroatoms. The number of fused-ring (bicyclic) bond motifs is 12. The number of nitrogens with zero attached hydrogens (tertiary/aromatic N) is 4. The molecule has 3 aliphatic rings. The van der Waals surface area contributed by atoms with Gasteiger partial charge in [-0.05, 0) is 76.3 Å². The molecule has 1 fully saturated rings. The van der Waals surface area contributed by atoms with Crippen LogP contribution in [0.4, 0.5) is 35.5 Å². The number of halogens is 3. The number of methoxy groups -OCH3 is 1. The van der Waals surface area contributed by atoms with Crippen molar-refractivity contribution in [2.24, 2.45) is 5.92 Å². The predicted molar refractivity (Wildman–Crippen MR) is 207 cm³/mol. The second-order valence-corrected chi connectivity index (χ2v) is 15.1. The number of likely N-dealkylation sites (tertiary alicyclic amines) is 1. The van der Waals surface area contributed by atoms with Gasteiger partial charge in [-0.3, -0.25) is 4.79 Å². The number of piperidine rings is 1. The van der Waals surface area contributed by atoms with Crippen molar-refractivity contribution in [3.63, 3.8) is 0 Å². The molecule has 0 saturated carbocycles. The lowest BCUT2D eigenvalue weighted by atomic mass is 9.90. The number of amides is 2. The van der Waals surface area contributed by atoms with Gasteiger partial charge in [0.25, 0.3) is 5.91 Å². The van der Waals surface area contributed by atoms with E-state index in [4.69, 9.17) is 23.7 Å². The van der Waals surface area contributed by atoms with Crippen molar-refractivity contribution in [2.45, 2.75) is 96.5 Å². The molecule has 3 aliphatic heterocycles. The van der Waals surface area contributed by atoms with Crippen LogP contribution in [0.1, 0.15) is 88.1 Å². The zero-order chi connectivity index (χ0) is 41.7. The molecule has 2 unspecified atom stereocenters. The van der Waals surface area contributed by atoms with Gasteiger partial charge < -0.3 is 44.5 Å². The lowest BCUT2D eigenvalue weighted by molar-refractivity contribution is -0.154. The Morgan fingerprint density at radius 1 is 0.914 bits per heavy atom. The standard InChI is InChI=1S/C40H52F3N7O8/c1-39(2,3)58-38(53)50-19-11-12-27(24-50)32(34(52)54-4)46-33(51)30-18-15-28-22-31(30)56-21-10-8-6-5-7-9-20-55-29-16-13-26(14-17-29)23-44-35-47-36(45-28)49-37(48-35)57-25-40(41,42)43/h13-18,22,27,32H,5-12,19-21,23-25H2,1-4H3,(H,46,51)(H2,44,45,47,48,49). The number of carbonyl (C=O) groups excluding carboxylic acids is 3. The van der Waals surface area contributed by atoms with E-state index in [1.54, 1.807) is 20.8 Å². The number of benzene rings is 2. The third-order valence-electron chi connectivity index (χ3n) is 9.22. The van der Waals surface area contributed by atoms with Crippen LogP contribution in [-0.2, 0) is 20.8 Å². The molecule has 2 atom stereocenters. The Labute approximate surface area is 335 Å². The second-order valence-electron chi connectivity index (χ2n) is 15.1. The minimum atomic E-state index is -4.64. The fourth-order valence-corrected chi connectivity index (χ4v) is 6.40. The summed E-state index contributed by atoms with van der Waals surface area (Å²) in [5.41, 5.74) is 0.581. The van der Waals surface area contributed by atoms with E-state index in [1.165, 1.54) is 30.2 Å². The van der Waals surface area contributed by atoms with Crippen molar-refractivity contribution < 1.29 is 51.2 Å². The first-order valence-corrected chi connectivity index (χ1v) is 19.5. The fraction of sp³-hybridized carbons (Fsp3) is 0.550. The quantitative estimate of drug-likeness (QED) is 0.213. The van der Waals surface area contributed by atoms with Gasteiger partial charge in [-0.1, -0.05) is 37.8 Å². The van der Waals surface area contributed by atoms with Gasteiger partial charge in [-0.25, -0.2) is 9.59 Å². The number of esters is 1. The van der Waals surface area contributed by atoms with Crippen LogP contribution >= 0.6 is 0 Å². The van der Waals surface area contributed by atoms with E-state index < -0.39 is 54.3 Å². The van der Waals surface area contributed by atoms with Gasteiger partial charge >= 0.3 is 24.2 Å². The molecule has 2 aromatic carbocycles. The molecule has 3 aromatic rings. The van der Waals surface area contributed by atoms with Crippen LogP contribution in [-0.4, -0.2) is 95.7 Å². The van der Waals surface area contributed by atoms with Crippen molar-refractivity contribution in [3.05, 3.63) is 53.6 Å². The van der Waals surface area contributed by atoms with Crippen LogP contribution < -0.4 is 30.2 Å². The number of alkyl halides is 3. The summed E-state index contributed by atoms with van der Waals surface area (Å²) in [5, 5.41) is 8.79. The Hall–Kier alpha value is -5.55. The third-order valence-corrected chi connectivity index (χ3v) is 9.22. The zero-order valence-corrected chi connectivity index (χ0v) is 33.3. The van der Waals surface area contributed by atoms with Crippen molar-refractivity contribution in [3.8, 4) is 17.5 Å². The topological polar surface area (TPSA) is 175 Å². The highest BCUT2D eigenvalue weighted by Gasteiger charge is 2.37. The molecule has 0 aliphatic carbocycles. The lowest BCUT2D eigenvalue weighted by Gasteiger charge is -2.36. The first-order chi connectivity index (χ1) is 27.7. The normalized spacial score (nSPS) is 17.6. The minimum Gasteiger partial charge on any atom is -0.494 e. The summed E-state index contributed by atoms with van der Waals surface area (Å²) < 4.78 is 66.9. The molecule has 6 bridgehead atoms. The minimum absolute atomic E-state index is 0.0531. The Balaban J connectivity index is 1.40. The molecular formula is C40H52F3N7O8. The number of aromatic nitrogens is 3. The smallest absolute Gasteiger partial charge is 0.422 e. The Bertz CT molecular complexity index is 1840. The SMILES string of the molecule is COC(=O)C(NC(=O)c1ccc2cc1OCCCCCCCCOc1ccc(cc1)CNc1nc(nc(OCC(F)(F)F)n1)N2)C1CCCN(C(=O)OC(C)(C)C)C1. The largest absolute Gasteiger partial charge is 0.494 e. The first kappa shape index (κ1) is 43.6. The van der Waals surface area contributed by atoms with E-state index in [2.05, 4.69) is 30.9 Å². The number of anilines is 3. The van der Waals surface area contributed by atoms with Gasteiger partial charge in [0.15, 0.2) is 6.61 Å². The summed E-state index contributed by atoms with van der Waals surface area (Å²) in [6.07, 6.45) is 1.44. The monoisotopic (exact) mass is 815 g/mol. The molecule has 1 aromatic heterocycles. The summed E-state index contributed by atoms with van der Waals surface area (Å²) >= 11 is 0. The van der Waals surface area contributed by atoms with Crippen LogP contribution in [0.15, 0.2) is 42.5 Å². The average molecular weight is 816 g/mol. The van der Waals surface area contributed by atoms with E-state index in [0.29, 0.717) is 38.1 Å². The fourth-order valence-electron chi connectivity index (χ4n) is 6.40. The number of hydrogen-bond acceptors (Lipinski definition) is 13. The van der Waals surface area contributed by atoms with E-state index in [-0.39, 0.29) is 42.9 Å². The highest BCUT2D eigenvalue weighted by molar-refractivity contribution is 5.99. The van der Waals surface area contributed by atoms with Gasteiger partial charge in [-0.2, -0.15) is 28.1 Å². The Morgan fingerprint density at radius 3 is 2.29 bits per heavy atom. The van der Waals surface area contributed by atoms with Gasteiger partial charge in [0.05, 0.1) is 25.9 Å². The van der Waals surface area contributed by atoms with Crippen LogP contribution in [0.3, 0.4) is 0 Å². The summed E-state index contributed by atoms with van der Waals surface area (Å²) in [5.74, 6) is -1.05. The average Bonchev–Trinajstić information content (AvgIpc) is 3.18. The number of carbonyl (C=O) groups is 3. The van der Waals surface area contributed by atoms with E-state index in [0.717, 1.165) is 43.4 Å². The molecule has 6 rings (SSSR count). The Morgan fingerprint density at radius 2 is 1.60 bits per heavy atom. The number of nitrogens with one attached hydrogen (secondary N) is 3. The molecule has 1 saturated heterocycles. The molecule has 2 amide bonds. The van der Waals surface area contributed by atoms with Crippen LogP contribution in [0.25, 0.3) is 0 Å². The van der Waals surface area contributed by atoms with Gasteiger partial charge in [-0.15, -0.1) is 0 Å². The Kier molecular flexibility index (Phi) is 15.2. The number of hydrogen-bond donors (Lipinski definition) is 3. The van der Waals surface area contributed by atoms with Gasteiger partial charge in [0.2, 0.25) is 11.9 Å². The highest BCUT2D eigenvalue weighted by atomic mass is 19.4. The first-order valence-electron chi connectivity index (χ1n) is 19.5. The highest BCUT2D eigenvalue weighted by Crippen LogP contribution is 2.29.